The SMILES string of the molecule is O=C1/C(=C\c2c3ccccc3cc3ccccc23)SC(=S)N1c1cccc(Cl)c1. The third kappa shape index (κ3) is 3.23. The molecule has 5 rings (SSSR count). The van der Waals surface area contributed by atoms with E-state index in [-0.39, 0.29) is 5.91 Å². The van der Waals surface area contributed by atoms with E-state index in [1.165, 1.54) is 11.8 Å². The Kier molecular flexibility index (Phi) is 4.63. The Balaban J connectivity index is 1.68. The molecule has 5 heteroatoms. The van der Waals surface area contributed by atoms with Crippen LogP contribution < -0.4 is 4.90 Å². The van der Waals surface area contributed by atoms with Crippen molar-refractivity contribution in [3.05, 3.63) is 94.4 Å². The number of rotatable bonds is 2. The number of thioether (sulfide) groups is 1. The highest BCUT2D eigenvalue weighted by Gasteiger charge is 2.33. The monoisotopic (exact) mass is 431 g/mol. The number of anilines is 1. The second-order valence-electron chi connectivity index (χ2n) is 6.73. The molecule has 29 heavy (non-hydrogen) atoms. The molecule has 0 radical (unpaired) electrons. The van der Waals surface area contributed by atoms with Gasteiger partial charge in [-0.05, 0) is 57.4 Å². The number of hydrogen-bond acceptors (Lipinski definition) is 3. The van der Waals surface area contributed by atoms with Crippen molar-refractivity contribution in [2.24, 2.45) is 0 Å². The molecule has 0 N–H and O–H groups in total. The van der Waals surface area contributed by atoms with Crippen molar-refractivity contribution < 1.29 is 4.79 Å². The second kappa shape index (κ2) is 7.30. The van der Waals surface area contributed by atoms with E-state index in [9.17, 15) is 4.79 Å². The number of halogens is 1. The van der Waals surface area contributed by atoms with Crippen molar-refractivity contribution in [3.63, 3.8) is 0 Å². The number of fused-ring (bicyclic) bond motifs is 2. The van der Waals surface area contributed by atoms with Crippen molar-refractivity contribution in [1.82, 2.24) is 0 Å². The minimum atomic E-state index is -0.126. The van der Waals surface area contributed by atoms with E-state index in [0.717, 1.165) is 27.1 Å². The van der Waals surface area contributed by atoms with E-state index in [1.807, 2.05) is 42.5 Å². The van der Waals surface area contributed by atoms with Crippen LogP contribution in [0, 0.1) is 0 Å². The van der Waals surface area contributed by atoms with E-state index in [0.29, 0.717) is 19.9 Å². The summed E-state index contributed by atoms with van der Waals surface area (Å²) in [7, 11) is 0. The van der Waals surface area contributed by atoms with Gasteiger partial charge >= 0.3 is 0 Å². The number of hydrogen-bond donors (Lipinski definition) is 0. The van der Waals surface area contributed by atoms with E-state index in [4.69, 9.17) is 23.8 Å². The standard InChI is InChI=1S/C24H14ClNOS2/c25-17-8-5-9-18(13-17)26-23(27)22(29-24(26)28)14-21-19-10-3-1-6-15(19)12-16-7-2-4-11-20(16)21/h1-14H/b22-14+. The van der Waals surface area contributed by atoms with Crippen LogP contribution >= 0.6 is 35.6 Å². The topological polar surface area (TPSA) is 20.3 Å². The van der Waals surface area contributed by atoms with Crippen LogP contribution in [0.25, 0.3) is 27.6 Å². The van der Waals surface area contributed by atoms with Gasteiger partial charge in [-0.1, -0.05) is 90.2 Å². The Morgan fingerprint density at radius 1 is 0.862 bits per heavy atom. The molecule has 140 valence electrons. The van der Waals surface area contributed by atoms with Gasteiger partial charge in [0, 0.05) is 5.02 Å². The van der Waals surface area contributed by atoms with Crippen molar-refractivity contribution in [1.29, 1.82) is 0 Å². The molecule has 4 aromatic rings. The molecule has 1 aliphatic heterocycles. The van der Waals surface area contributed by atoms with Crippen LogP contribution in [-0.2, 0) is 4.79 Å². The zero-order valence-electron chi connectivity index (χ0n) is 15.1. The van der Waals surface area contributed by atoms with Gasteiger partial charge in [-0.15, -0.1) is 0 Å². The highest BCUT2D eigenvalue weighted by molar-refractivity contribution is 8.27. The molecule has 0 aliphatic carbocycles. The Morgan fingerprint density at radius 3 is 2.17 bits per heavy atom. The van der Waals surface area contributed by atoms with E-state index < -0.39 is 0 Å². The van der Waals surface area contributed by atoms with E-state index in [2.05, 4.69) is 30.3 Å². The predicted molar refractivity (Wildman–Crippen MR) is 129 cm³/mol. The highest BCUT2D eigenvalue weighted by atomic mass is 35.5. The Hall–Kier alpha value is -2.66. The molecule has 4 aromatic carbocycles. The number of benzene rings is 4. The first kappa shape index (κ1) is 18.4. The molecule has 1 amide bonds. The number of nitrogens with zero attached hydrogens (tertiary/aromatic N) is 1. The zero-order valence-corrected chi connectivity index (χ0v) is 17.5. The summed E-state index contributed by atoms with van der Waals surface area (Å²) < 4.78 is 0.507. The number of carbonyl (C=O) groups is 1. The number of amides is 1. The summed E-state index contributed by atoms with van der Waals surface area (Å²) in [5.41, 5.74) is 1.72. The first-order valence-electron chi connectivity index (χ1n) is 9.06. The van der Waals surface area contributed by atoms with Gasteiger partial charge in [-0.2, -0.15) is 0 Å². The van der Waals surface area contributed by atoms with Crippen molar-refractivity contribution >= 4 is 79.1 Å². The van der Waals surface area contributed by atoms with Crippen LogP contribution in [0.4, 0.5) is 5.69 Å². The molecule has 1 heterocycles. The summed E-state index contributed by atoms with van der Waals surface area (Å²) in [6, 6.07) is 25.8. The van der Waals surface area contributed by atoms with Crippen LogP contribution in [0.1, 0.15) is 5.56 Å². The minimum Gasteiger partial charge on any atom is -0.268 e. The van der Waals surface area contributed by atoms with E-state index in [1.54, 1.807) is 17.0 Å². The highest BCUT2D eigenvalue weighted by Crippen LogP contribution is 2.39. The van der Waals surface area contributed by atoms with Crippen LogP contribution in [0.3, 0.4) is 0 Å². The lowest BCUT2D eigenvalue weighted by atomic mass is 9.96. The van der Waals surface area contributed by atoms with Crippen LogP contribution in [0.5, 0.6) is 0 Å². The molecular weight excluding hydrogens is 418 g/mol. The normalized spacial score (nSPS) is 15.8. The van der Waals surface area contributed by atoms with Crippen LogP contribution in [0.2, 0.25) is 5.02 Å². The predicted octanol–water partition coefficient (Wildman–Crippen LogP) is 7.05. The van der Waals surface area contributed by atoms with Gasteiger partial charge in [-0.25, -0.2) is 0 Å². The molecule has 0 saturated carbocycles. The lowest BCUT2D eigenvalue weighted by Gasteiger charge is -2.14. The maximum atomic E-state index is 13.2. The molecule has 0 unspecified atom stereocenters. The average Bonchev–Trinajstić information content (AvgIpc) is 3.01. The molecular formula is C24H14ClNOS2. The Labute approximate surface area is 182 Å². The van der Waals surface area contributed by atoms with Gasteiger partial charge in [0.05, 0.1) is 10.6 Å². The summed E-state index contributed by atoms with van der Waals surface area (Å²) in [4.78, 5) is 15.4. The second-order valence-corrected chi connectivity index (χ2v) is 8.84. The quantitative estimate of drug-likeness (QED) is 0.192. The number of thiocarbonyl (C=S) groups is 1. The fourth-order valence-corrected chi connectivity index (χ4v) is 5.11. The maximum Gasteiger partial charge on any atom is 0.270 e. The molecule has 1 saturated heterocycles. The third-order valence-electron chi connectivity index (χ3n) is 4.95. The number of carbonyl (C=O) groups excluding carboxylic acids is 1. The van der Waals surface area contributed by atoms with Gasteiger partial charge < -0.3 is 0 Å². The zero-order chi connectivity index (χ0) is 20.0. The third-order valence-corrected chi connectivity index (χ3v) is 6.49. The molecule has 0 aromatic heterocycles. The summed E-state index contributed by atoms with van der Waals surface area (Å²) in [6.45, 7) is 0. The van der Waals surface area contributed by atoms with Crippen molar-refractivity contribution in [2.75, 3.05) is 4.90 Å². The lowest BCUT2D eigenvalue weighted by Crippen LogP contribution is -2.27. The molecule has 1 aliphatic rings. The summed E-state index contributed by atoms with van der Waals surface area (Å²) in [6.07, 6.45) is 1.97. The average molecular weight is 432 g/mol. The van der Waals surface area contributed by atoms with Gasteiger partial charge in [0.25, 0.3) is 5.91 Å². The van der Waals surface area contributed by atoms with E-state index >= 15 is 0 Å². The molecule has 0 spiro atoms. The van der Waals surface area contributed by atoms with Crippen molar-refractivity contribution in [3.8, 4) is 0 Å². The first-order valence-corrected chi connectivity index (χ1v) is 10.7. The maximum absolute atomic E-state index is 13.2. The molecule has 0 bridgehead atoms. The molecule has 1 fully saturated rings. The van der Waals surface area contributed by atoms with Gasteiger partial charge in [0.15, 0.2) is 4.32 Å². The summed E-state index contributed by atoms with van der Waals surface area (Å²) in [5.74, 6) is -0.126. The fourth-order valence-electron chi connectivity index (χ4n) is 3.64. The van der Waals surface area contributed by atoms with Crippen LogP contribution in [-0.4, -0.2) is 10.2 Å². The van der Waals surface area contributed by atoms with Gasteiger partial charge in [0.2, 0.25) is 0 Å². The van der Waals surface area contributed by atoms with Crippen LogP contribution in [0.15, 0.2) is 83.8 Å². The Bertz CT molecular complexity index is 1290. The van der Waals surface area contributed by atoms with Crippen molar-refractivity contribution in [2.45, 2.75) is 0 Å². The smallest absolute Gasteiger partial charge is 0.268 e. The van der Waals surface area contributed by atoms with Gasteiger partial charge in [-0.3, -0.25) is 9.69 Å². The summed E-state index contributed by atoms with van der Waals surface area (Å²) >= 11 is 12.9. The van der Waals surface area contributed by atoms with Gasteiger partial charge in [0.1, 0.15) is 0 Å². The lowest BCUT2D eigenvalue weighted by molar-refractivity contribution is -0.113. The summed E-state index contributed by atoms with van der Waals surface area (Å²) in [5, 5.41) is 5.07. The minimum absolute atomic E-state index is 0.126. The fraction of sp³-hybridized carbons (Fsp3) is 0. The molecule has 0 atom stereocenters. The molecule has 2 nitrogen and oxygen atoms in total. The Morgan fingerprint density at radius 2 is 1.52 bits per heavy atom. The first-order chi connectivity index (χ1) is 14.1. The largest absolute Gasteiger partial charge is 0.270 e.